The van der Waals surface area contributed by atoms with E-state index in [-0.39, 0.29) is 37.0 Å². The normalized spacial score (nSPS) is 15.6. The molecule has 45 heavy (non-hydrogen) atoms. The summed E-state index contributed by atoms with van der Waals surface area (Å²) < 4.78 is 9.90. The van der Waals surface area contributed by atoms with Gasteiger partial charge in [-0.3, -0.25) is 19.2 Å². The van der Waals surface area contributed by atoms with Gasteiger partial charge in [0.2, 0.25) is 17.7 Å². The van der Waals surface area contributed by atoms with Crippen molar-refractivity contribution in [2.24, 2.45) is 17.8 Å². The maximum absolute atomic E-state index is 13.3. The molecular weight excluding hydrogens is 588 g/mol. The number of esters is 1. The van der Waals surface area contributed by atoms with Gasteiger partial charge in [-0.15, -0.1) is 0 Å². The van der Waals surface area contributed by atoms with Crippen molar-refractivity contribution in [3.05, 3.63) is 0 Å². The molecule has 0 spiro atoms. The molecule has 0 saturated heterocycles. The zero-order valence-corrected chi connectivity index (χ0v) is 28.5. The van der Waals surface area contributed by atoms with Crippen molar-refractivity contribution in [2.45, 2.75) is 137 Å². The SMILES string of the molecule is CC[C@H](C)[C@H](NC(=O)OC(C)(C)C)C(=O)N[C@@H](CC(C)C)C(O)CCC(=O)N[C@@H](CC(C)C)C(=O)N[C@@H](CC(=O)O)C(=O)OC. The van der Waals surface area contributed by atoms with Crippen LogP contribution < -0.4 is 21.3 Å². The number of carboxylic acid groups (broad SMARTS) is 1. The first kappa shape index (κ1) is 41.6. The number of hydrogen-bond donors (Lipinski definition) is 6. The van der Waals surface area contributed by atoms with Crippen LogP contribution in [0.4, 0.5) is 4.79 Å². The minimum absolute atomic E-state index is 0.0407. The van der Waals surface area contributed by atoms with E-state index in [2.05, 4.69) is 26.0 Å². The lowest BCUT2D eigenvalue weighted by Crippen LogP contribution is -2.55. The molecule has 0 saturated carbocycles. The molecule has 14 heteroatoms. The lowest BCUT2D eigenvalue weighted by atomic mass is 9.94. The first-order valence-corrected chi connectivity index (χ1v) is 15.6. The van der Waals surface area contributed by atoms with Gasteiger partial charge in [0.25, 0.3) is 0 Å². The molecule has 6 atom stereocenters. The van der Waals surface area contributed by atoms with Crippen molar-refractivity contribution in [3.63, 3.8) is 0 Å². The lowest BCUT2D eigenvalue weighted by molar-refractivity contribution is -0.149. The van der Waals surface area contributed by atoms with Gasteiger partial charge in [0.15, 0.2) is 0 Å². The number of aliphatic carboxylic acids is 1. The summed E-state index contributed by atoms with van der Waals surface area (Å²) in [6.45, 7) is 16.3. The van der Waals surface area contributed by atoms with Gasteiger partial charge >= 0.3 is 18.0 Å². The van der Waals surface area contributed by atoms with Crippen LogP contribution >= 0.6 is 0 Å². The molecule has 0 aromatic heterocycles. The van der Waals surface area contributed by atoms with Crippen LogP contribution in [0.1, 0.15) is 101 Å². The molecule has 0 aromatic carbocycles. The van der Waals surface area contributed by atoms with E-state index in [1.54, 1.807) is 20.8 Å². The van der Waals surface area contributed by atoms with Crippen molar-refractivity contribution in [1.29, 1.82) is 0 Å². The summed E-state index contributed by atoms with van der Waals surface area (Å²) in [4.78, 5) is 74.8. The summed E-state index contributed by atoms with van der Waals surface area (Å²) >= 11 is 0. The molecule has 4 amide bonds. The molecule has 1 unspecified atom stereocenters. The van der Waals surface area contributed by atoms with Crippen LogP contribution in [0.25, 0.3) is 0 Å². The average Bonchev–Trinajstić information content (AvgIpc) is 2.90. The topological polar surface area (TPSA) is 209 Å². The number of alkyl carbamates (subject to hydrolysis) is 1. The summed E-state index contributed by atoms with van der Waals surface area (Å²) in [6, 6.07) is -4.15. The first-order valence-electron chi connectivity index (χ1n) is 15.6. The van der Waals surface area contributed by atoms with E-state index in [9.17, 15) is 33.9 Å². The Balaban J connectivity index is 5.59. The van der Waals surface area contributed by atoms with Crippen LogP contribution in [-0.2, 0) is 33.4 Å². The van der Waals surface area contributed by atoms with Crippen molar-refractivity contribution >= 4 is 35.8 Å². The van der Waals surface area contributed by atoms with Crippen LogP contribution in [0, 0.1) is 17.8 Å². The number of carbonyl (C=O) groups excluding carboxylic acids is 5. The van der Waals surface area contributed by atoms with E-state index in [0.29, 0.717) is 12.8 Å². The Morgan fingerprint density at radius 1 is 0.800 bits per heavy atom. The molecule has 0 fully saturated rings. The van der Waals surface area contributed by atoms with Crippen LogP contribution in [0.2, 0.25) is 0 Å². The summed E-state index contributed by atoms with van der Waals surface area (Å²) in [5, 5.41) is 30.6. The summed E-state index contributed by atoms with van der Waals surface area (Å²) in [5.41, 5.74) is -0.756. The monoisotopic (exact) mass is 644 g/mol. The number of aliphatic hydroxyl groups is 1. The average molecular weight is 645 g/mol. The highest BCUT2D eigenvalue weighted by Crippen LogP contribution is 2.16. The minimum atomic E-state index is -1.43. The maximum atomic E-state index is 13.3. The highest BCUT2D eigenvalue weighted by Gasteiger charge is 2.33. The van der Waals surface area contributed by atoms with Gasteiger partial charge in [-0.1, -0.05) is 48.0 Å². The van der Waals surface area contributed by atoms with E-state index < -0.39 is 78.0 Å². The molecule has 14 nitrogen and oxygen atoms in total. The molecule has 0 radical (unpaired) electrons. The van der Waals surface area contributed by atoms with Crippen molar-refractivity contribution < 1.29 is 48.5 Å². The van der Waals surface area contributed by atoms with Crippen molar-refractivity contribution in [3.8, 4) is 0 Å². The second-order valence-corrected chi connectivity index (χ2v) is 13.3. The lowest BCUT2D eigenvalue weighted by Gasteiger charge is -2.30. The standard InChI is InChI=1S/C31H56N4O10/c1-11-19(6)26(35-30(43)45-31(7,8)9)28(41)33-20(14-17(2)3)23(36)12-13-24(37)32-21(15-18(4)5)27(40)34-22(16-25(38)39)29(42)44-10/h17-23,26,36H,11-16H2,1-10H3,(H,32,37)(H,33,41)(H,34,40)(H,35,43)(H,38,39)/t19-,20-,21-,22-,23?,26-/m0/s1. The fourth-order valence-electron chi connectivity index (χ4n) is 4.46. The van der Waals surface area contributed by atoms with Gasteiger partial charge in [0.1, 0.15) is 23.7 Å². The number of carbonyl (C=O) groups is 6. The van der Waals surface area contributed by atoms with Crippen LogP contribution in [0.15, 0.2) is 0 Å². The second kappa shape index (κ2) is 19.9. The second-order valence-electron chi connectivity index (χ2n) is 13.3. The third kappa shape index (κ3) is 17.6. The maximum Gasteiger partial charge on any atom is 0.408 e. The number of rotatable bonds is 19. The third-order valence-electron chi connectivity index (χ3n) is 6.89. The third-order valence-corrected chi connectivity index (χ3v) is 6.89. The van der Waals surface area contributed by atoms with Gasteiger partial charge in [0, 0.05) is 6.42 Å². The number of aliphatic hydroxyl groups excluding tert-OH is 1. The predicted octanol–water partition coefficient (Wildman–Crippen LogP) is 2.26. The molecule has 0 aromatic rings. The minimum Gasteiger partial charge on any atom is -0.481 e. The van der Waals surface area contributed by atoms with E-state index in [4.69, 9.17) is 9.84 Å². The van der Waals surface area contributed by atoms with Gasteiger partial charge in [-0.25, -0.2) is 9.59 Å². The molecule has 0 rings (SSSR count). The fourth-order valence-corrected chi connectivity index (χ4v) is 4.46. The molecule has 0 heterocycles. The highest BCUT2D eigenvalue weighted by molar-refractivity contribution is 5.92. The smallest absolute Gasteiger partial charge is 0.408 e. The molecule has 0 aliphatic rings. The quantitative estimate of drug-likeness (QED) is 0.113. The van der Waals surface area contributed by atoms with E-state index in [1.807, 2.05) is 41.5 Å². The van der Waals surface area contributed by atoms with E-state index in [0.717, 1.165) is 7.11 Å². The number of methoxy groups -OCH3 is 1. The Bertz CT molecular complexity index is 995. The molecule has 6 N–H and O–H groups in total. The van der Waals surface area contributed by atoms with Gasteiger partial charge < -0.3 is 41.0 Å². The van der Waals surface area contributed by atoms with Gasteiger partial charge in [0.05, 0.1) is 25.7 Å². The summed E-state index contributed by atoms with van der Waals surface area (Å²) in [5.74, 6) is -4.23. The molecule has 260 valence electrons. The number of amides is 4. The number of ether oxygens (including phenoxy) is 2. The Kier molecular flexibility index (Phi) is 18.3. The molecule has 0 aliphatic carbocycles. The predicted molar refractivity (Wildman–Crippen MR) is 167 cm³/mol. The van der Waals surface area contributed by atoms with E-state index in [1.165, 1.54) is 0 Å². The first-order chi connectivity index (χ1) is 20.7. The summed E-state index contributed by atoms with van der Waals surface area (Å²) in [7, 11) is 1.07. The Morgan fingerprint density at radius 2 is 1.38 bits per heavy atom. The highest BCUT2D eigenvalue weighted by atomic mass is 16.6. The van der Waals surface area contributed by atoms with Crippen molar-refractivity contribution in [2.75, 3.05) is 7.11 Å². The Morgan fingerprint density at radius 3 is 1.84 bits per heavy atom. The number of nitrogens with one attached hydrogen (secondary N) is 4. The number of carboxylic acids is 1. The van der Waals surface area contributed by atoms with Gasteiger partial charge in [-0.05, 0) is 57.8 Å². The fraction of sp³-hybridized carbons (Fsp3) is 0.806. The molecule has 0 aliphatic heterocycles. The van der Waals surface area contributed by atoms with Crippen LogP contribution in [-0.4, -0.2) is 88.9 Å². The van der Waals surface area contributed by atoms with Crippen molar-refractivity contribution in [1.82, 2.24) is 21.3 Å². The molecular formula is C31H56N4O10. The van der Waals surface area contributed by atoms with E-state index >= 15 is 0 Å². The van der Waals surface area contributed by atoms with Gasteiger partial charge in [-0.2, -0.15) is 0 Å². The molecule has 0 bridgehead atoms. The Labute approximate surface area is 267 Å². The largest absolute Gasteiger partial charge is 0.481 e. The zero-order chi connectivity index (χ0) is 35.1. The zero-order valence-electron chi connectivity index (χ0n) is 28.5. The summed E-state index contributed by atoms with van der Waals surface area (Å²) in [6.07, 6.45) is -1.60. The Hall–Kier alpha value is -3.42. The number of hydrogen-bond acceptors (Lipinski definition) is 9. The van der Waals surface area contributed by atoms with Crippen LogP contribution in [0.5, 0.6) is 0 Å². The van der Waals surface area contributed by atoms with Crippen LogP contribution in [0.3, 0.4) is 0 Å².